The first kappa shape index (κ1) is 21.1. The van der Waals surface area contributed by atoms with Gasteiger partial charge in [0.2, 0.25) is 0 Å². The Morgan fingerprint density at radius 2 is 1.90 bits per heavy atom. The topological polar surface area (TPSA) is 98.8 Å². The van der Waals surface area contributed by atoms with Crippen LogP contribution in [0.25, 0.3) is 11.3 Å². The van der Waals surface area contributed by atoms with E-state index >= 15 is 0 Å². The Kier molecular flexibility index (Phi) is 6.87. The van der Waals surface area contributed by atoms with E-state index < -0.39 is 18.5 Å². The molecule has 156 valence electrons. The average molecular weight is 427 g/mol. The van der Waals surface area contributed by atoms with Gasteiger partial charge in [-0.15, -0.1) is 11.3 Å². The lowest BCUT2D eigenvalue weighted by Crippen LogP contribution is -2.21. The van der Waals surface area contributed by atoms with Crippen LogP contribution in [0.15, 0.2) is 47.8 Å². The van der Waals surface area contributed by atoms with Crippen LogP contribution in [0.1, 0.15) is 10.4 Å². The lowest BCUT2D eigenvalue weighted by molar-refractivity contribution is -0.119. The Hall–Kier alpha value is -3.59. The number of methoxy groups -OCH3 is 2. The first-order valence-electron chi connectivity index (χ1n) is 8.97. The summed E-state index contributed by atoms with van der Waals surface area (Å²) in [6, 6.07) is 12.3. The predicted molar refractivity (Wildman–Crippen MR) is 116 cm³/mol. The molecular formula is C21H21N3O5S. The summed E-state index contributed by atoms with van der Waals surface area (Å²) >= 11 is 1.25. The van der Waals surface area contributed by atoms with Crippen LogP contribution < -0.4 is 20.1 Å². The number of hydrogen-bond donors (Lipinski definition) is 2. The second-order valence-electron chi connectivity index (χ2n) is 6.02. The molecule has 9 heteroatoms. The van der Waals surface area contributed by atoms with Crippen molar-refractivity contribution in [3.8, 4) is 22.8 Å². The summed E-state index contributed by atoms with van der Waals surface area (Å²) in [7, 11) is 4.85. The van der Waals surface area contributed by atoms with E-state index in [9.17, 15) is 9.59 Å². The molecule has 0 saturated carbocycles. The van der Waals surface area contributed by atoms with Crippen LogP contribution in [-0.4, -0.2) is 44.7 Å². The number of nitrogens with one attached hydrogen (secondary N) is 2. The predicted octanol–water partition coefficient (Wildman–Crippen LogP) is 3.66. The van der Waals surface area contributed by atoms with Gasteiger partial charge in [0.15, 0.2) is 11.7 Å². The summed E-state index contributed by atoms with van der Waals surface area (Å²) in [5, 5.41) is 7.72. The van der Waals surface area contributed by atoms with Gasteiger partial charge in [-0.3, -0.25) is 10.1 Å². The number of anilines is 2. The number of aromatic nitrogens is 1. The molecule has 0 aliphatic carbocycles. The van der Waals surface area contributed by atoms with E-state index in [1.807, 2.05) is 0 Å². The largest absolute Gasteiger partial charge is 0.497 e. The summed E-state index contributed by atoms with van der Waals surface area (Å²) in [6.07, 6.45) is 0. The standard InChI is InChI=1S/C21H21N3O5S/c1-22-16-7-5-4-6-14(16)20(26)29-11-19(25)24-21-23-17(12-30-21)15-10-13(27-2)8-9-18(15)28-3/h4-10,12,22H,11H2,1-3H3,(H,23,24,25). The fourth-order valence-electron chi connectivity index (χ4n) is 2.71. The molecule has 1 amide bonds. The Morgan fingerprint density at radius 1 is 1.10 bits per heavy atom. The summed E-state index contributed by atoms with van der Waals surface area (Å²) < 4.78 is 15.7. The highest BCUT2D eigenvalue weighted by Gasteiger charge is 2.16. The molecule has 0 radical (unpaired) electrons. The van der Waals surface area contributed by atoms with Gasteiger partial charge in [0, 0.05) is 23.7 Å². The number of amides is 1. The molecule has 0 spiro atoms. The number of benzene rings is 2. The monoisotopic (exact) mass is 427 g/mol. The third-order valence-electron chi connectivity index (χ3n) is 4.18. The molecule has 0 saturated heterocycles. The van der Waals surface area contributed by atoms with Crippen molar-refractivity contribution in [3.63, 3.8) is 0 Å². The van der Waals surface area contributed by atoms with Crippen LogP contribution in [0.5, 0.6) is 11.5 Å². The van der Waals surface area contributed by atoms with Crippen molar-refractivity contribution in [3.05, 3.63) is 53.4 Å². The summed E-state index contributed by atoms with van der Waals surface area (Å²) in [5.74, 6) is 0.231. The van der Waals surface area contributed by atoms with Gasteiger partial charge in [0.25, 0.3) is 5.91 Å². The second-order valence-corrected chi connectivity index (χ2v) is 6.88. The fourth-order valence-corrected chi connectivity index (χ4v) is 3.44. The van der Waals surface area contributed by atoms with Crippen molar-refractivity contribution in [2.24, 2.45) is 0 Å². The number of para-hydroxylation sites is 1. The van der Waals surface area contributed by atoms with E-state index in [-0.39, 0.29) is 0 Å². The van der Waals surface area contributed by atoms with Crippen molar-refractivity contribution < 1.29 is 23.8 Å². The molecule has 0 unspecified atom stereocenters. The normalized spacial score (nSPS) is 10.2. The number of nitrogens with zero attached hydrogens (tertiary/aromatic N) is 1. The highest BCUT2D eigenvalue weighted by atomic mass is 32.1. The van der Waals surface area contributed by atoms with Crippen molar-refractivity contribution >= 4 is 34.0 Å². The molecule has 0 fully saturated rings. The highest BCUT2D eigenvalue weighted by molar-refractivity contribution is 7.14. The number of thiazole rings is 1. The zero-order valence-electron chi connectivity index (χ0n) is 16.7. The van der Waals surface area contributed by atoms with E-state index in [0.717, 1.165) is 5.56 Å². The zero-order valence-corrected chi connectivity index (χ0v) is 17.5. The first-order valence-corrected chi connectivity index (χ1v) is 9.85. The molecule has 1 heterocycles. The maximum atomic E-state index is 12.2. The van der Waals surface area contributed by atoms with Gasteiger partial charge < -0.3 is 19.5 Å². The molecule has 1 aromatic heterocycles. The van der Waals surface area contributed by atoms with Crippen LogP contribution in [0.4, 0.5) is 10.8 Å². The van der Waals surface area contributed by atoms with E-state index in [1.165, 1.54) is 11.3 Å². The Morgan fingerprint density at radius 3 is 2.63 bits per heavy atom. The first-order chi connectivity index (χ1) is 14.5. The van der Waals surface area contributed by atoms with E-state index in [2.05, 4.69) is 15.6 Å². The Balaban J connectivity index is 1.64. The quantitative estimate of drug-likeness (QED) is 0.529. The van der Waals surface area contributed by atoms with Crippen LogP contribution in [-0.2, 0) is 9.53 Å². The molecule has 2 N–H and O–H groups in total. The van der Waals surface area contributed by atoms with E-state index in [1.54, 1.807) is 69.1 Å². The van der Waals surface area contributed by atoms with Gasteiger partial charge in [-0.2, -0.15) is 0 Å². The number of ether oxygens (including phenoxy) is 3. The minimum Gasteiger partial charge on any atom is -0.497 e. The fraction of sp³-hybridized carbons (Fsp3) is 0.190. The molecule has 30 heavy (non-hydrogen) atoms. The van der Waals surface area contributed by atoms with Crippen molar-refractivity contribution in [2.75, 3.05) is 38.5 Å². The van der Waals surface area contributed by atoms with Gasteiger partial charge in [-0.1, -0.05) is 12.1 Å². The van der Waals surface area contributed by atoms with Crippen LogP contribution >= 0.6 is 11.3 Å². The maximum absolute atomic E-state index is 12.2. The third kappa shape index (κ3) is 4.87. The summed E-state index contributed by atoms with van der Waals surface area (Å²) in [4.78, 5) is 28.8. The molecule has 0 bridgehead atoms. The van der Waals surface area contributed by atoms with Crippen molar-refractivity contribution in [1.29, 1.82) is 0 Å². The highest BCUT2D eigenvalue weighted by Crippen LogP contribution is 2.35. The number of hydrogen-bond acceptors (Lipinski definition) is 8. The number of carbonyl (C=O) groups excluding carboxylic acids is 2. The summed E-state index contributed by atoms with van der Waals surface area (Å²) in [5.41, 5.74) is 2.35. The molecule has 2 aromatic carbocycles. The molecular weight excluding hydrogens is 406 g/mol. The molecule has 0 atom stereocenters. The Labute approximate surface area is 177 Å². The van der Waals surface area contributed by atoms with Gasteiger partial charge >= 0.3 is 5.97 Å². The zero-order chi connectivity index (χ0) is 21.5. The van der Waals surface area contributed by atoms with E-state index in [0.29, 0.717) is 33.6 Å². The lowest BCUT2D eigenvalue weighted by Gasteiger charge is -2.09. The molecule has 3 rings (SSSR count). The maximum Gasteiger partial charge on any atom is 0.340 e. The average Bonchev–Trinajstić information content (AvgIpc) is 3.25. The second kappa shape index (κ2) is 9.75. The molecule has 0 aliphatic heterocycles. The van der Waals surface area contributed by atoms with Crippen LogP contribution in [0, 0.1) is 0 Å². The van der Waals surface area contributed by atoms with Crippen molar-refractivity contribution in [1.82, 2.24) is 4.98 Å². The number of carbonyl (C=O) groups is 2. The lowest BCUT2D eigenvalue weighted by atomic mass is 10.1. The smallest absolute Gasteiger partial charge is 0.340 e. The number of rotatable bonds is 8. The van der Waals surface area contributed by atoms with Crippen LogP contribution in [0.2, 0.25) is 0 Å². The van der Waals surface area contributed by atoms with Crippen molar-refractivity contribution in [2.45, 2.75) is 0 Å². The minimum atomic E-state index is -0.587. The van der Waals surface area contributed by atoms with Crippen LogP contribution in [0.3, 0.4) is 0 Å². The third-order valence-corrected chi connectivity index (χ3v) is 4.94. The molecule has 3 aromatic rings. The molecule has 8 nitrogen and oxygen atoms in total. The van der Waals surface area contributed by atoms with Gasteiger partial charge in [0.05, 0.1) is 25.5 Å². The van der Waals surface area contributed by atoms with Gasteiger partial charge in [-0.25, -0.2) is 9.78 Å². The summed E-state index contributed by atoms with van der Waals surface area (Å²) in [6.45, 7) is -0.422. The van der Waals surface area contributed by atoms with E-state index in [4.69, 9.17) is 14.2 Å². The molecule has 0 aliphatic rings. The number of esters is 1. The Bertz CT molecular complexity index is 1050. The SMILES string of the molecule is CNc1ccccc1C(=O)OCC(=O)Nc1nc(-c2cc(OC)ccc2OC)cs1. The van der Waals surface area contributed by atoms with Gasteiger partial charge in [-0.05, 0) is 30.3 Å². The minimum absolute atomic E-state index is 0.356. The van der Waals surface area contributed by atoms with Gasteiger partial charge in [0.1, 0.15) is 11.5 Å².